The van der Waals surface area contributed by atoms with Gasteiger partial charge in [0.15, 0.2) is 5.82 Å². The average molecular weight is 630 g/mol. The molecule has 0 unspecified atom stereocenters. The molecule has 2 aromatic carbocycles. The van der Waals surface area contributed by atoms with Gasteiger partial charge in [-0.25, -0.2) is 4.98 Å². The molecule has 5 aromatic rings. The predicted octanol–water partition coefficient (Wildman–Crippen LogP) is 4.81. The number of para-hydroxylation sites is 1. The molecule has 3 atom stereocenters. The number of carbonyl (C=O) groups is 2. The predicted molar refractivity (Wildman–Crippen MR) is 179 cm³/mol. The number of piperidine rings is 1. The van der Waals surface area contributed by atoms with Gasteiger partial charge in [-0.3, -0.25) is 14.6 Å². The molecule has 2 aliphatic heterocycles. The Morgan fingerprint density at radius 2 is 1.66 bits per heavy atom. The van der Waals surface area contributed by atoms with Crippen LogP contribution < -0.4 is 10.5 Å². The molecule has 4 fully saturated rings. The van der Waals surface area contributed by atoms with E-state index in [4.69, 9.17) is 15.5 Å². The van der Waals surface area contributed by atoms with Gasteiger partial charge in [-0.15, -0.1) is 0 Å². The lowest BCUT2D eigenvalue weighted by atomic mass is 9.98. The average Bonchev–Trinajstić information content (AvgIpc) is 3.44. The zero-order valence-electron chi connectivity index (χ0n) is 26.6. The van der Waals surface area contributed by atoms with E-state index in [1.165, 1.54) is 23.7 Å². The van der Waals surface area contributed by atoms with E-state index < -0.39 is 0 Å². The van der Waals surface area contributed by atoms with E-state index in [2.05, 4.69) is 44.5 Å². The molecule has 5 heterocycles. The number of aromatic nitrogens is 4. The number of hydrogen-bond donors (Lipinski definition) is 1. The Hall–Kier alpha value is -4.70. The highest BCUT2D eigenvalue weighted by molar-refractivity contribution is 6.01. The minimum Gasteiger partial charge on any atom is -0.494 e. The van der Waals surface area contributed by atoms with Gasteiger partial charge < -0.3 is 29.4 Å². The van der Waals surface area contributed by atoms with Crippen LogP contribution in [0.4, 0.5) is 0 Å². The number of rotatable bonds is 8. The molecule has 47 heavy (non-hydrogen) atoms. The van der Waals surface area contributed by atoms with Gasteiger partial charge in [0.2, 0.25) is 0 Å². The third kappa shape index (κ3) is 4.72. The Labute approximate surface area is 273 Å². The van der Waals surface area contributed by atoms with Crippen LogP contribution in [0.1, 0.15) is 46.4 Å². The van der Waals surface area contributed by atoms with Crippen LogP contribution in [-0.4, -0.2) is 79.5 Å². The van der Waals surface area contributed by atoms with E-state index in [1.807, 2.05) is 21.9 Å². The van der Waals surface area contributed by atoms with Gasteiger partial charge in [-0.05, 0) is 73.9 Å². The number of ether oxygens (including phenoxy) is 1. The molecule has 3 aromatic heterocycles. The van der Waals surface area contributed by atoms with E-state index in [-0.39, 0.29) is 29.8 Å². The zero-order valence-corrected chi connectivity index (χ0v) is 26.6. The van der Waals surface area contributed by atoms with Crippen LogP contribution in [-0.2, 0) is 13.1 Å². The highest BCUT2D eigenvalue weighted by Crippen LogP contribution is 2.41. The quantitative estimate of drug-likeness (QED) is 0.264. The molecule has 0 radical (unpaired) electrons. The first-order chi connectivity index (χ1) is 23.0. The van der Waals surface area contributed by atoms with E-state index in [0.717, 1.165) is 41.9 Å². The van der Waals surface area contributed by atoms with E-state index in [0.29, 0.717) is 54.9 Å². The number of nitrogens with zero attached hydrogens (tertiary/aromatic N) is 6. The maximum Gasteiger partial charge on any atom is 0.254 e. The van der Waals surface area contributed by atoms with Crippen LogP contribution in [0.15, 0.2) is 67.0 Å². The van der Waals surface area contributed by atoms with E-state index in [1.54, 1.807) is 31.6 Å². The maximum atomic E-state index is 13.9. The number of nitrogens with two attached hydrogens (primary N) is 1. The van der Waals surface area contributed by atoms with Crippen molar-refractivity contribution in [2.45, 2.75) is 50.9 Å². The minimum atomic E-state index is -0.00365. The summed E-state index contributed by atoms with van der Waals surface area (Å²) >= 11 is 0. The van der Waals surface area contributed by atoms with Crippen molar-refractivity contribution in [1.29, 1.82) is 0 Å². The Morgan fingerprint density at radius 3 is 2.38 bits per heavy atom. The highest BCUT2D eigenvalue weighted by atomic mass is 16.5. The molecule has 2 aliphatic carbocycles. The lowest BCUT2D eigenvalue weighted by molar-refractivity contribution is 0.0471. The van der Waals surface area contributed by atoms with Gasteiger partial charge >= 0.3 is 0 Å². The number of pyridine rings is 1. The van der Waals surface area contributed by atoms with Crippen LogP contribution in [0.25, 0.3) is 33.5 Å². The molecular formula is C37H39N7O3. The zero-order chi connectivity index (χ0) is 31.8. The van der Waals surface area contributed by atoms with E-state index >= 15 is 0 Å². The SMILES string of the molecule is COc1cc(C(=O)N2C[C@H]3CC[C@@H]2[C@@H]3N)cc2nc(-c3cc4ccccc4n3CC3CC3)n(CC3CN(C(=O)c4ccncc4)C3)c12. The smallest absolute Gasteiger partial charge is 0.254 e. The summed E-state index contributed by atoms with van der Waals surface area (Å²) in [5, 5.41) is 1.18. The Morgan fingerprint density at radius 1 is 0.872 bits per heavy atom. The summed E-state index contributed by atoms with van der Waals surface area (Å²) in [6, 6.07) is 18.3. The maximum absolute atomic E-state index is 13.9. The standard InChI is InChI=1S/C37H39N7O3/c1-47-32-16-27(37(46)43-21-26-8-9-30(43)33(26)38)14-28-34(32)44(20-23-17-41(18-23)36(45)24-10-12-39-13-11-24)35(40-28)31-15-25-4-2-3-5-29(25)42(31)19-22-6-7-22/h2-5,10-16,22-23,26,30,33H,6-9,17-21,38H2,1H3/t26-,30-,33-/m1/s1. The molecule has 10 heteroatoms. The summed E-state index contributed by atoms with van der Waals surface area (Å²) in [6.45, 7) is 3.64. The Kier molecular flexibility index (Phi) is 6.64. The van der Waals surface area contributed by atoms with Crippen molar-refractivity contribution in [1.82, 2.24) is 28.9 Å². The van der Waals surface area contributed by atoms with Gasteiger partial charge in [-0.2, -0.15) is 0 Å². The highest BCUT2D eigenvalue weighted by Gasteiger charge is 2.47. The van der Waals surface area contributed by atoms with Gasteiger partial charge in [-0.1, -0.05) is 18.2 Å². The number of methoxy groups -OCH3 is 1. The van der Waals surface area contributed by atoms with Crippen LogP contribution in [0, 0.1) is 17.8 Å². The van der Waals surface area contributed by atoms with Crippen molar-refractivity contribution < 1.29 is 14.3 Å². The first kappa shape index (κ1) is 28.5. The molecule has 2 N–H and O–H groups in total. The number of likely N-dealkylation sites (tertiary alicyclic amines) is 2. The summed E-state index contributed by atoms with van der Waals surface area (Å²) in [5.41, 5.74) is 11.6. The van der Waals surface area contributed by atoms with Crippen LogP contribution in [0.2, 0.25) is 0 Å². The third-order valence-corrected chi connectivity index (χ3v) is 11.0. The molecule has 2 saturated carbocycles. The molecule has 0 spiro atoms. The largest absolute Gasteiger partial charge is 0.494 e. The van der Waals surface area contributed by atoms with Crippen molar-refractivity contribution in [2.75, 3.05) is 26.7 Å². The lowest BCUT2D eigenvalue weighted by Gasteiger charge is -2.39. The van der Waals surface area contributed by atoms with Crippen LogP contribution >= 0.6 is 0 Å². The molecule has 10 nitrogen and oxygen atoms in total. The van der Waals surface area contributed by atoms with Crippen molar-refractivity contribution in [3.63, 3.8) is 0 Å². The molecular weight excluding hydrogens is 590 g/mol. The number of imidazole rings is 1. The van der Waals surface area contributed by atoms with Crippen LogP contribution in [0.3, 0.4) is 0 Å². The Balaban J connectivity index is 1.13. The monoisotopic (exact) mass is 629 g/mol. The summed E-state index contributed by atoms with van der Waals surface area (Å²) < 4.78 is 10.7. The summed E-state index contributed by atoms with van der Waals surface area (Å²) in [5.74, 6) is 2.80. The van der Waals surface area contributed by atoms with Gasteiger partial charge in [0, 0.05) is 85.1 Å². The topological polar surface area (TPSA) is 112 Å². The lowest BCUT2D eigenvalue weighted by Crippen LogP contribution is -2.51. The van der Waals surface area contributed by atoms with Gasteiger partial charge in [0.1, 0.15) is 11.3 Å². The normalized spacial score (nSPS) is 22.4. The van der Waals surface area contributed by atoms with Crippen molar-refractivity contribution >= 4 is 33.8 Å². The molecule has 2 bridgehead atoms. The summed E-state index contributed by atoms with van der Waals surface area (Å²) in [4.78, 5) is 40.3. The summed E-state index contributed by atoms with van der Waals surface area (Å²) in [7, 11) is 1.66. The van der Waals surface area contributed by atoms with Crippen LogP contribution in [0.5, 0.6) is 5.75 Å². The van der Waals surface area contributed by atoms with Gasteiger partial charge in [0.25, 0.3) is 11.8 Å². The van der Waals surface area contributed by atoms with Crippen molar-refractivity contribution in [2.24, 2.45) is 23.5 Å². The first-order valence-corrected chi connectivity index (χ1v) is 16.9. The minimum absolute atomic E-state index is 0.00365. The molecule has 9 rings (SSSR count). The number of amides is 2. The van der Waals surface area contributed by atoms with E-state index in [9.17, 15) is 9.59 Å². The number of benzene rings is 2. The molecule has 2 saturated heterocycles. The van der Waals surface area contributed by atoms with Gasteiger partial charge in [0.05, 0.1) is 18.3 Å². The Bertz CT molecular complexity index is 2020. The third-order valence-electron chi connectivity index (χ3n) is 11.0. The fourth-order valence-corrected chi connectivity index (χ4v) is 8.27. The molecule has 2 amide bonds. The van der Waals surface area contributed by atoms with Crippen molar-refractivity contribution in [3.05, 3.63) is 78.1 Å². The number of fused-ring (bicyclic) bond motifs is 4. The second kappa shape index (κ2) is 10.9. The number of hydrogen-bond acceptors (Lipinski definition) is 6. The number of carbonyl (C=O) groups excluding carboxylic acids is 2. The first-order valence-electron chi connectivity index (χ1n) is 16.9. The van der Waals surface area contributed by atoms with Crippen molar-refractivity contribution in [3.8, 4) is 17.3 Å². The molecule has 4 aliphatic rings. The molecule has 240 valence electrons. The second-order valence-electron chi connectivity index (χ2n) is 14.0. The summed E-state index contributed by atoms with van der Waals surface area (Å²) in [6.07, 6.45) is 7.85. The fraction of sp³-hybridized carbons (Fsp3) is 0.405. The second-order valence-corrected chi connectivity index (χ2v) is 14.0. The fourth-order valence-electron chi connectivity index (χ4n) is 8.27.